The number of nitrogens with zero attached hydrogens (tertiary/aromatic N) is 1. The first kappa shape index (κ1) is 10.2. The highest BCUT2D eigenvalue weighted by atomic mass is 32.1. The monoisotopic (exact) mass is 219 g/mol. The van der Waals surface area contributed by atoms with Crippen molar-refractivity contribution in [1.82, 2.24) is 4.57 Å². The van der Waals surface area contributed by atoms with Crippen LogP contribution in [-0.4, -0.2) is 10.9 Å². The van der Waals surface area contributed by atoms with Crippen molar-refractivity contribution in [2.75, 3.05) is 0 Å². The molecule has 2 aromatic rings. The lowest BCUT2D eigenvalue weighted by atomic mass is 10.3. The summed E-state index contributed by atoms with van der Waals surface area (Å²) >= 11 is 1.74. The number of rotatable bonds is 2. The van der Waals surface area contributed by atoms with Crippen LogP contribution in [0.15, 0.2) is 18.2 Å². The van der Waals surface area contributed by atoms with Crippen LogP contribution in [0.5, 0.6) is 0 Å². The first-order valence-electron chi connectivity index (χ1n) is 4.84. The predicted molar refractivity (Wildman–Crippen MR) is 63.2 cm³/mol. The molecule has 0 atom stereocenters. The van der Waals surface area contributed by atoms with E-state index < -0.39 is 0 Å². The minimum Gasteiger partial charge on any atom is -0.309 e. The van der Waals surface area contributed by atoms with Gasteiger partial charge in [0.1, 0.15) is 0 Å². The minimum absolute atomic E-state index is 0.776. The van der Waals surface area contributed by atoms with Gasteiger partial charge in [0.05, 0.1) is 5.00 Å². The molecule has 0 aliphatic heterocycles. The zero-order valence-corrected chi connectivity index (χ0v) is 9.89. The van der Waals surface area contributed by atoms with Crippen molar-refractivity contribution in [2.24, 2.45) is 0 Å². The predicted octanol–water partition coefficient (Wildman–Crippen LogP) is 3.28. The molecule has 0 fully saturated rings. The largest absolute Gasteiger partial charge is 0.309 e. The molecule has 0 unspecified atom stereocenters. The van der Waals surface area contributed by atoms with E-state index in [0.29, 0.717) is 0 Å². The van der Waals surface area contributed by atoms with Gasteiger partial charge >= 0.3 is 0 Å². The molecule has 3 heteroatoms. The Bertz CT molecular complexity index is 508. The van der Waals surface area contributed by atoms with Gasteiger partial charge in [-0.25, -0.2) is 0 Å². The molecule has 2 nitrogen and oxygen atoms in total. The van der Waals surface area contributed by atoms with Crippen molar-refractivity contribution in [2.45, 2.75) is 20.8 Å². The van der Waals surface area contributed by atoms with Gasteiger partial charge in [0, 0.05) is 21.8 Å². The van der Waals surface area contributed by atoms with E-state index in [2.05, 4.69) is 23.6 Å². The number of thiophene rings is 1. The first-order valence-corrected chi connectivity index (χ1v) is 5.66. The summed E-state index contributed by atoms with van der Waals surface area (Å²) in [6.45, 7) is 6.09. The van der Waals surface area contributed by atoms with Crippen LogP contribution >= 0.6 is 11.3 Å². The number of carbonyl (C=O) groups excluding carboxylic acids is 1. The molecule has 0 amide bonds. The zero-order chi connectivity index (χ0) is 11.0. The van der Waals surface area contributed by atoms with Crippen LogP contribution in [0.3, 0.4) is 0 Å². The average Bonchev–Trinajstić information content (AvgIpc) is 2.71. The van der Waals surface area contributed by atoms with Crippen LogP contribution in [-0.2, 0) is 0 Å². The maximum Gasteiger partial charge on any atom is 0.151 e. The quantitative estimate of drug-likeness (QED) is 0.710. The van der Waals surface area contributed by atoms with E-state index in [9.17, 15) is 4.79 Å². The Morgan fingerprint density at radius 1 is 1.27 bits per heavy atom. The topological polar surface area (TPSA) is 22.0 Å². The van der Waals surface area contributed by atoms with Crippen LogP contribution in [0, 0.1) is 20.8 Å². The van der Waals surface area contributed by atoms with E-state index in [0.717, 1.165) is 23.2 Å². The fourth-order valence-electron chi connectivity index (χ4n) is 1.79. The van der Waals surface area contributed by atoms with Gasteiger partial charge in [-0.15, -0.1) is 11.3 Å². The van der Waals surface area contributed by atoms with Gasteiger partial charge in [-0.3, -0.25) is 4.79 Å². The Labute approximate surface area is 93.2 Å². The van der Waals surface area contributed by atoms with Crippen molar-refractivity contribution >= 4 is 17.6 Å². The van der Waals surface area contributed by atoms with Crippen LogP contribution in [0.4, 0.5) is 0 Å². The SMILES string of the molecule is Cc1ccc(-n2c(C)cc(C=O)c2C)s1. The third-order valence-corrected chi connectivity index (χ3v) is 3.53. The molecular weight excluding hydrogens is 206 g/mol. The summed E-state index contributed by atoms with van der Waals surface area (Å²) < 4.78 is 2.13. The Kier molecular flexibility index (Phi) is 2.49. The third kappa shape index (κ3) is 1.63. The third-order valence-electron chi connectivity index (χ3n) is 2.54. The van der Waals surface area contributed by atoms with Crippen LogP contribution < -0.4 is 0 Å². The van der Waals surface area contributed by atoms with Gasteiger partial charge in [0.2, 0.25) is 0 Å². The molecule has 0 N–H and O–H groups in total. The molecule has 0 bridgehead atoms. The van der Waals surface area contributed by atoms with Gasteiger partial charge < -0.3 is 4.57 Å². The standard InChI is InChI=1S/C12H13NOS/c1-8-6-11(7-14)10(3)13(8)12-5-4-9(2)15-12/h4-7H,1-3H3. The molecule has 0 radical (unpaired) electrons. The summed E-state index contributed by atoms with van der Waals surface area (Å²) in [6, 6.07) is 6.12. The van der Waals surface area contributed by atoms with Gasteiger partial charge in [-0.1, -0.05) is 0 Å². The fourth-order valence-corrected chi connectivity index (χ4v) is 2.76. The maximum atomic E-state index is 10.8. The second kappa shape index (κ2) is 3.66. The second-order valence-corrected chi connectivity index (χ2v) is 4.93. The fraction of sp³-hybridized carbons (Fsp3) is 0.250. The highest BCUT2D eigenvalue weighted by molar-refractivity contribution is 7.14. The molecule has 15 heavy (non-hydrogen) atoms. The second-order valence-electron chi connectivity index (χ2n) is 3.66. The van der Waals surface area contributed by atoms with Crippen molar-refractivity contribution in [3.8, 4) is 5.00 Å². The Hall–Kier alpha value is -1.35. The summed E-state index contributed by atoms with van der Waals surface area (Å²) in [5, 5.41) is 1.18. The number of aldehydes is 1. The van der Waals surface area contributed by atoms with E-state index in [4.69, 9.17) is 0 Å². The van der Waals surface area contributed by atoms with Gasteiger partial charge in [0.25, 0.3) is 0 Å². The smallest absolute Gasteiger partial charge is 0.151 e. The van der Waals surface area contributed by atoms with Crippen molar-refractivity contribution in [3.05, 3.63) is 40.0 Å². The maximum absolute atomic E-state index is 10.8. The highest BCUT2D eigenvalue weighted by Gasteiger charge is 2.10. The molecule has 0 saturated carbocycles. The summed E-state index contributed by atoms with van der Waals surface area (Å²) in [7, 11) is 0. The Morgan fingerprint density at radius 3 is 2.47 bits per heavy atom. The minimum atomic E-state index is 0.776. The van der Waals surface area contributed by atoms with Crippen LogP contribution in [0.25, 0.3) is 5.00 Å². The summed E-state index contributed by atoms with van der Waals surface area (Å²) in [6.07, 6.45) is 0.916. The Balaban J connectivity index is 2.62. The van der Waals surface area contributed by atoms with Crippen LogP contribution in [0.1, 0.15) is 26.6 Å². The number of aromatic nitrogens is 1. The summed E-state index contributed by atoms with van der Waals surface area (Å²) in [5.74, 6) is 0. The van der Waals surface area contributed by atoms with Gasteiger partial charge in [0.15, 0.2) is 6.29 Å². The van der Waals surface area contributed by atoms with E-state index in [1.807, 2.05) is 19.9 Å². The average molecular weight is 219 g/mol. The normalized spacial score (nSPS) is 10.6. The van der Waals surface area contributed by atoms with Crippen molar-refractivity contribution < 1.29 is 4.79 Å². The van der Waals surface area contributed by atoms with E-state index in [-0.39, 0.29) is 0 Å². The van der Waals surface area contributed by atoms with Crippen molar-refractivity contribution in [1.29, 1.82) is 0 Å². The molecule has 0 saturated heterocycles. The Morgan fingerprint density at radius 2 is 2.00 bits per heavy atom. The number of carbonyl (C=O) groups is 1. The van der Waals surface area contributed by atoms with Gasteiger partial charge in [-0.2, -0.15) is 0 Å². The lowest BCUT2D eigenvalue weighted by Gasteiger charge is -2.05. The lowest BCUT2D eigenvalue weighted by molar-refractivity contribution is 0.112. The summed E-state index contributed by atoms with van der Waals surface area (Å²) in [4.78, 5) is 12.1. The first-order chi connectivity index (χ1) is 7.13. The number of hydrogen-bond acceptors (Lipinski definition) is 2. The number of hydrogen-bond donors (Lipinski definition) is 0. The molecule has 2 aromatic heterocycles. The van der Waals surface area contributed by atoms with Gasteiger partial charge in [-0.05, 0) is 39.0 Å². The highest BCUT2D eigenvalue weighted by Crippen LogP contribution is 2.25. The molecule has 78 valence electrons. The number of aryl methyl sites for hydroxylation is 2. The van der Waals surface area contributed by atoms with Crippen molar-refractivity contribution in [3.63, 3.8) is 0 Å². The van der Waals surface area contributed by atoms with E-state index in [1.54, 1.807) is 11.3 Å². The molecule has 0 aromatic carbocycles. The molecule has 0 spiro atoms. The lowest BCUT2D eigenvalue weighted by Crippen LogP contribution is -1.96. The zero-order valence-electron chi connectivity index (χ0n) is 9.07. The molecule has 2 rings (SSSR count). The molecule has 2 heterocycles. The van der Waals surface area contributed by atoms with Crippen LogP contribution in [0.2, 0.25) is 0 Å². The summed E-state index contributed by atoms with van der Waals surface area (Å²) in [5.41, 5.74) is 2.90. The molecule has 0 aliphatic carbocycles. The molecule has 0 aliphatic rings. The van der Waals surface area contributed by atoms with E-state index >= 15 is 0 Å². The van der Waals surface area contributed by atoms with E-state index in [1.165, 1.54) is 9.88 Å². The molecular formula is C12H13NOS.